The molecule has 2 aromatic carbocycles. The average molecular weight is 491 g/mol. The van der Waals surface area contributed by atoms with Gasteiger partial charge in [-0.25, -0.2) is 4.79 Å². The van der Waals surface area contributed by atoms with Crippen molar-refractivity contribution in [2.75, 3.05) is 6.61 Å². The monoisotopic (exact) mass is 491 g/mol. The van der Waals surface area contributed by atoms with Gasteiger partial charge in [0, 0.05) is 10.6 Å². The number of benzene rings is 2. The largest absolute Gasteiger partial charge is 0.481 e. The number of carboxylic acid groups (broad SMARTS) is 1. The number of carboxylic acids is 1. The van der Waals surface area contributed by atoms with E-state index in [4.69, 9.17) is 9.84 Å². The fraction of sp³-hybridized carbons (Fsp3) is 0.250. The van der Waals surface area contributed by atoms with Gasteiger partial charge in [-0.2, -0.15) is 41.3 Å². The molecule has 1 aromatic heterocycles. The number of thioether (sulfide) groups is 1. The van der Waals surface area contributed by atoms with Crippen LogP contribution in [0.1, 0.15) is 22.5 Å². The van der Waals surface area contributed by atoms with Crippen molar-refractivity contribution < 1.29 is 41.0 Å². The molecule has 0 aliphatic carbocycles. The molecule has 0 fully saturated rings. The molecule has 176 valence electrons. The third-order valence-electron chi connectivity index (χ3n) is 4.29. The second-order valence-electron chi connectivity index (χ2n) is 6.69. The van der Waals surface area contributed by atoms with Crippen molar-refractivity contribution in [1.82, 2.24) is 15.0 Å². The number of rotatable bonds is 7. The van der Waals surface area contributed by atoms with Gasteiger partial charge in [-0.3, -0.25) is 0 Å². The highest BCUT2D eigenvalue weighted by Gasteiger charge is 2.35. The summed E-state index contributed by atoms with van der Waals surface area (Å²) in [5.74, 6) is -1.87. The molecule has 0 spiro atoms. The maximum absolute atomic E-state index is 13.3. The van der Waals surface area contributed by atoms with Gasteiger partial charge < -0.3 is 9.84 Å². The summed E-state index contributed by atoms with van der Waals surface area (Å²) in [4.78, 5) is 12.0. The van der Waals surface area contributed by atoms with Crippen LogP contribution in [0.15, 0.2) is 47.4 Å². The standard InChI is InChI=1S/C20H15F6N3O3S/c1-11-16(28-29(27-11)13-4-2-12(3-5-13)19(21,22)23)10-33-14-6-7-17(32-9-18(30)31)15(8-14)20(24,25)26/h2-8H,9-10H2,1H3,(H,30,31). The molecule has 0 saturated heterocycles. The summed E-state index contributed by atoms with van der Waals surface area (Å²) in [6.45, 7) is 0.704. The van der Waals surface area contributed by atoms with Gasteiger partial charge in [-0.05, 0) is 49.4 Å². The number of ether oxygens (including phenoxy) is 1. The van der Waals surface area contributed by atoms with E-state index in [1.54, 1.807) is 6.92 Å². The molecule has 3 aromatic rings. The first-order chi connectivity index (χ1) is 15.3. The maximum Gasteiger partial charge on any atom is 0.420 e. The molecule has 0 atom stereocenters. The molecule has 0 radical (unpaired) electrons. The number of carbonyl (C=O) groups is 1. The highest BCUT2D eigenvalue weighted by Crippen LogP contribution is 2.39. The summed E-state index contributed by atoms with van der Waals surface area (Å²) >= 11 is 1.03. The Bertz CT molecular complexity index is 1140. The van der Waals surface area contributed by atoms with Gasteiger partial charge in [0.1, 0.15) is 5.75 Å². The van der Waals surface area contributed by atoms with Gasteiger partial charge in [0.15, 0.2) is 6.61 Å². The van der Waals surface area contributed by atoms with Crippen LogP contribution >= 0.6 is 11.8 Å². The summed E-state index contributed by atoms with van der Waals surface area (Å²) in [5, 5.41) is 17.0. The molecule has 0 aliphatic heterocycles. The van der Waals surface area contributed by atoms with Crippen molar-refractivity contribution >= 4 is 17.7 Å². The van der Waals surface area contributed by atoms with Crippen LogP contribution in [0.4, 0.5) is 26.3 Å². The van der Waals surface area contributed by atoms with Crippen LogP contribution in [-0.4, -0.2) is 32.7 Å². The lowest BCUT2D eigenvalue weighted by Gasteiger charge is -2.14. The summed E-state index contributed by atoms with van der Waals surface area (Å²) in [7, 11) is 0. The summed E-state index contributed by atoms with van der Waals surface area (Å²) in [6, 6.07) is 7.46. The van der Waals surface area contributed by atoms with E-state index in [0.717, 1.165) is 40.8 Å². The molecule has 33 heavy (non-hydrogen) atoms. The SMILES string of the molecule is Cc1nn(-c2ccc(C(F)(F)F)cc2)nc1CSc1ccc(OCC(=O)O)c(C(F)(F)F)c1. The van der Waals surface area contributed by atoms with Crippen LogP contribution in [0.3, 0.4) is 0 Å². The predicted octanol–water partition coefficient (Wildman–Crippen LogP) is 5.37. The zero-order valence-corrected chi connectivity index (χ0v) is 17.6. The number of hydrogen-bond donors (Lipinski definition) is 1. The molecule has 0 saturated carbocycles. The second-order valence-corrected chi connectivity index (χ2v) is 7.74. The zero-order valence-electron chi connectivity index (χ0n) is 16.7. The Hall–Kier alpha value is -3.22. The smallest absolute Gasteiger partial charge is 0.420 e. The van der Waals surface area contributed by atoms with Gasteiger partial charge in [0.05, 0.1) is 28.2 Å². The third kappa shape index (κ3) is 6.18. The van der Waals surface area contributed by atoms with Crippen molar-refractivity contribution in [3.63, 3.8) is 0 Å². The molecular formula is C20H15F6N3O3S. The van der Waals surface area contributed by atoms with Crippen molar-refractivity contribution in [2.24, 2.45) is 0 Å². The molecule has 0 aliphatic rings. The highest BCUT2D eigenvalue weighted by molar-refractivity contribution is 7.98. The van der Waals surface area contributed by atoms with Gasteiger partial charge in [0.25, 0.3) is 0 Å². The van der Waals surface area contributed by atoms with E-state index < -0.39 is 41.8 Å². The van der Waals surface area contributed by atoms with E-state index in [1.165, 1.54) is 18.2 Å². The van der Waals surface area contributed by atoms with E-state index in [0.29, 0.717) is 17.1 Å². The topological polar surface area (TPSA) is 77.2 Å². The lowest BCUT2D eigenvalue weighted by molar-refractivity contribution is -0.143. The summed E-state index contributed by atoms with van der Waals surface area (Å²) in [5.41, 5.74) is -0.748. The normalized spacial score (nSPS) is 12.1. The third-order valence-corrected chi connectivity index (χ3v) is 5.29. The number of nitrogens with zero attached hydrogens (tertiary/aromatic N) is 3. The van der Waals surface area contributed by atoms with Crippen molar-refractivity contribution in [1.29, 1.82) is 0 Å². The van der Waals surface area contributed by atoms with Crippen LogP contribution in [0, 0.1) is 6.92 Å². The lowest BCUT2D eigenvalue weighted by Crippen LogP contribution is -2.14. The number of aliphatic carboxylic acids is 1. The van der Waals surface area contributed by atoms with E-state index in [9.17, 15) is 31.1 Å². The Labute approximate surface area is 187 Å². The molecule has 13 heteroatoms. The quantitative estimate of drug-likeness (QED) is 0.354. The van der Waals surface area contributed by atoms with E-state index in [-0.39, 0.29) is 10.6 Å². The van der Waals surface area contributed by atoms with Gasteiger partial charge in [-0.1, -0.05) is 0 Å². The Balaban J connectivity index is 1.76. The Kier molecular flexibility index (Phi) is 6.91. The molecule has 3 rings (SSSR count). The van der Waals surface area contributed by atoms with Gasteiger partial charge in [-0.15, -0.1) is 11.8 Å². The Morgan fingerprint density at radius 2 is 1.70 bits per heavy atom. The molecule has 1 N–H and O–H groups in total. The van der Waals surface area contributed by atoms with Crippen LogP contribution < -0.4 is 4.74 Å². The minimum atomic E-state index is -4.76. The summed E-state index contributed by atoms with van der Waals surface area (Å²) in [6.07, 6.45) is -9.23. The molecule has 1 heterocycles. The van der Waals surface area contributed by atoms with Crippen molar-refractivity contribution in [2.45, 2.75) is 29.9 Å². The number of alkyl halides is 6. The minimum Gasteiger partial charge on any atom is -0.481 e. The summed E-state index contributed by atoms with van der Waals surface area (Å²) < 4.78 is 82.9. The van der Waals surface area contributed by atoms with E-state index in [1.807, 2.05) is 0 Å². The van der Waals surface area contributed by atoms with Crippen LogP contribution in [0.2, 0.25) is 0 Å². The first kappa shape index (κ1) is 24.4. The lowest BCUT2D eigenvalue weighted by atomic mass is 10.2. The molecule has 0 amide bonds. The molecule has 0 unspecified atom stereocenters. The van der Waals surface area contributed by atoms with Crippen molar-refractivity contribution in [3.8, 4) is 11.4 Å². The molecule has 0 bridgehead atoms. The number of aromatic nitrogens is 3. The van der Waals surface area contributed by atoms with Gasteiger partial charge >= 0.3 is 18.3 Å². The minimum absolute atomic E-state index is 0.138. The average Bonchev–Trinajstić information content (AvgIpc) is 3.10. The Morgan fingerprint density at radius 3 is 2.27 bits per heavy atom. The number of halogens is 6. The fourth-order valence-electron chi connectivity index (χ4n) is 2.68. The number of hydrogen-bond acceptors (Lipinski definition) is 5. The maximum atomic E-state index is 13.3. The Morgan fingerprint density at radius 1 is 1.03 bits per heavy atom. The highest BCUT2D eigenvalue weighted by atomic mass is 32.2. The van der Waals surface area contributed by atoms with E-state index in [2.05, 4.69) is 10.2 Å². The second kappa shape index (κ2) is 9.33. The predicted molar refractivity (Wildman–Crippen MR) is 105 cm³/mol. The van der Waals surface area contributed by atoms with Crippen LogP contribution in [0.25, 0.3) is 5.69 Å². The first-order valence-corrected chi connectivity index (χ1v) is 10.1. The number of aryl methyl sites for hydroxylation is 1. The van der Waals surface area contributed by atoms with Crippen LogP contribution in [0.5, 0.6) is 5.75 Å². The first-order valence-electron chi connectivity index (χ1n) is 9.13. The van der Waals surface area contributed by atoms with Crippen molar-refractivity contribution in [3.05, 3.63) is 65.0 Å². The van der Waals surface area contributed by atoms with Gasteiger partial charge in [0.2, 0.25) is 0 Å². The van der Waals surface area contributed by atoms with E-state index >= 15 is 0 Å². The fourth-order valence-corrected chi connectivity index (χ4v) is 3.61. The van der Waals surface area contributed by atoms with Crippen LogP contribution in [-0.2, 0) is 22.9 Å². The zero-order chi connectivity index (χ0) is 24.4. The molecular weight excluding hydrogens is 476 g/mol. The molecule has 6 nitrogen and oxygen atoms in total.